The smallest absolute Gasteiger partial charge is 0.153 e. The lowest BCUT2D eigenvalue weighted by atomic mass is 9.80. The van der Waals surface area contributed by atoms with Crippen molar-refractivity contribution in [3.8, 4) is 0 Å². The summed E-state index contributed by atoms with van der Waals surface area (Å²) < 4.78 is 12.9. The molecule has 1 fully saturated rings. The molecule has 0 saturated heterocycles. The Bertz CT molecular complexity index is 329. The third-order valence-electron chi connectivity index (χ3n) is 2.72. The van der Waals surface area contributed by atoms with Crippen LogP contribution in [0.4, 0.5) is 4.39 Å². The summed E-state index contributed by atoms with van der Waals surface area (Å²) in [5, 5.41) is 0. The van der Waals surface area contributed by atoms with Crippen LogP contribution in [0, 0.1) is 5.82 Å². The van der Waals surface area contributed by atoms with Crippen molar-refractivity contribution in [3.63, 3.8) is 0 Å². The SMILES string of the molecule is O=Cc1cc(C2CCC2)ccc1F. The highest BCUT2D eigenvalue weighted by Gasteiger charge is 2.20. The van der Waals surface area contributed by atoms with Gasteiger partial charge in [0.05, 0.1) is 5.56 Å². The fourth-order valence-corrected chi connectivity index (χ4v) is 1.65. The second kappa shape index (κ2) is 3.29. The highest BCUT2D eigenvalue weighted by molar-refractivity contribution is 5.75. The molecule has 0 amide bonds. The van der Waals surface area contributed by atoms with Crippen LogP contribution in [0.1, 0.15) is 41.1 Å². The van der Waals surface area contributed by atoms with E-state index in [0.29, 0.717) is 12.2 Å². The molecule has 0 atom stereocenters. The van der Waals surface area contributed by atoms with Gasteiger partial charge in [-0.3, -0.25) is 4.79 Å². The van der Waals surface area contributed by atoms with Gasteiger partial charge in [0.15, 0.2) is 6.29 Å². The van der Waals surface area contributed by atoms with Crippen molar-refractivity contribution in [1.82, 2.24) is 0 Å². The summed E-state index contributed by atoms with van der Waals surface area (Å²) in [5.74, 6) is 0.136. The van der Waals surface area contributed by atoms with Gasteiger partial charge in [-0.1, -0.05) is 12.5 Å². The molecule has 1 saturated carbocycles. The lowest BCUT2D eigenvalue weighted by molar-refractivity contribution is 0.111. The molecule has 1 nitrogen and oxygen atoms in total. The van der Waals surface area contributed by atoms with Crippen LogP contribution < -0.4 is 0 Å². The highest BCUT2D eigenvalue weighted by atomic mass is 19.1. The molecule has 1 aromatic rings. The van der Waals surface area contributed by atoms with Gasteiger partial charge >= 0.3 is 0 Å². The van der Waals surface area contributed by atoms with Crippen molar-refractivity contribution >= 4 is 6.29 Å². The van der Waals surface area contributed by atoms with Crippen LogP contribution in [0.25, 0.3) is 0 Å². The number of rotatable bonds is 2. The molecule has 2 rings (SSSR count). The summed E-state index contributed by atoms with van der Waals surface area (Å²) in [5.41, 5.74) is 1.29. The molecule has 1 aliphatic rings. The molecule has 13 heavy (non-hydrogen) atoms. The van der Waals surface area contributed by atoms with Crippen molar-refractivity contribution in [2.45, 2.75) is 25.2 Å². The molecule has 0 spiro atoms. The van der Waals surface area contributed by atoms with Gasteiger partial charge < -0.3 is 0 Å². The molecule has 0 aromatic heterocycles. The van der Waals surface area contributed by atoms with Crippen LogP contribution in [-0.2, 0) is 0 Å². The summed E-state index contributed by atoms with van der Waals surface area (Å²) in [7, 11) is 0. The molecule has 0 radical (unpaired) electrons. The molecular formula is C11H11FO. The quantitative estimate of drug-likeness (QED) is 0.636. The summed E-state index contributed by atoms with van der Waals surface area (Å²) in [6.07, 6.45) is 4.17. The van der Waals surface area contributed by atoms with Crippen LogP contribution in [0.2, 0.25) is 0 Å². The summed E-state index contributed by atoms with van der Waals surface area (Å²) in [6, 6.07) is 4.84. The van der Waals surface area contributed by atoms with E-state index in [4.69, 9.17) is 0 Å². The molecule has 0 N–H and O–H groups in total. The standard InChI is InChI=1S/C11H11FO/c12-11-5-4-9(6-10(11)7-13)8-2-1-3-8/h4-8H,1-3H2. The lowest BCUT2D eigenvalue weighted by Crippen LogP contribution is -2.09. The van der Waals surface area contributed by atoms with Crippen molar-refractivity contribution < 1.29 is 9.18 Å². The van der Waals surface area contributed by atoms with Crippen LogP contribution in [-0.4, -0.2) is 6.29 Å². The molecular weight excluding hydrogens is 167 g/mol. The first-order valence-corrected chi connectivity index (χ1v) is 4.56. The Morgan fingerprint density at radius 2 is 2.15 bits per heavy atom. The van der Waals surface area contributed by atoms with E-state index in [-0.39, 0.29) is 5.56 Å². The summed E-state index contributed by atoms with van der Waals surface area (Å²) in [6.45, 7) is 0. The van der Waals surface area contributed by atoms with Gasteiger partial charge in [0, 0.05) is 0 Å². The zero-order chi connectivity index (χ0) is 9.26. The highest BCUT2D eigenvalue weighted by Crippen LogP contribution is 2.36. The van der Waals surface area contributed by atoms with E-state index in [1.165, 1.54) is 25.3 Å². The second-order valence-corrected chi connectivity index (χ2v) is 3.53. The van der Waals surface area contributed by atoms with Crippen molar-refractivity contribution in [2.75, 3.05) is 0 Å². The Kier molecular flexibility index (Phi) is 2.13. The topological polar surface area (TPSA) is 17.1 Å². The first kappa shape index (κ1) is 8.42. The minimum atomic E-state index is -0.418. The van der Waals surface area contributed by atoms with E-state index in [1.54, 1.807) is 12.1 Å². The number of carbonyl (C=O) groups excluding carboxylic acids is 1. The maximum Gasteiger partial charge on any atom is 0.153 e. The molecule has 1 aromatic carbocycles. The Morgan fingerprint density at radius 3 is 2.69 bits per heavy atom. The lowest BCUT2D eigenvalue weighted by Gasteiger charge is -2.25. The molecule has 0 bridgehead atoms. The molecule has 0 unspecified atom stereocenters. The summed E-state index contributed by atoms with van der Waals surface area (Å²) >= 11 is 0. The number of benzene rings is 1. The average molecular weight is 178 g/mol. The monoisotopic (exact) mass is 178 g/mol. The second-order valence-electron chi connectivity index (χ2n) is 3.53. The van der Waals surface area contributed by atoms with E-state index in [1.807, 2.05) is 0 Å². The minimum absolute atomic E-state index is 0.185. The fourth-order valence-electron chi connectivity index (χ4n) is 1.65. The predicted molar refractivity (Wildman–Crippen MR) is 48.4 cm³/mol. The van der Waals surface area contributed by atoms with Gasteiger partial charge in [-0.05, 0) is 36.5 Å². The summed E-state index contributed by atoms with van der Waals surface area (Å²) in [4.78, 5) is 10.5. The number of hydrogen-bond donors (Lipinski definition) is 0. The Labute approximate surface area is 76.6 Å². The first-order valence-electron chi connectivity index (χ1n) is 4.56. The van der Waals surface area contributed by atoms with Crippen molar-refractivity contribution in [3.05, 3.63) is 35.1 Å². The Balaban J connectivity index is 2.31. The number of carbonyl (C=O) groups is 1. The van der Waals surface area contributed by atoms with Crippen LogP contribution in [0.5, 0.6) is 0 Å². The van der Waals surface area contributed by atoms with E-state index in [2.05, 4.69) is 0 Å². The normalized spacial score (nSPS) is 16.7. The van der Waals surface area contributed by atoms with Crippen LogP contribution in [0.3, 0.4) is 0 Å². The zero-order valence-corrected chi connectivity index (χ0v) is 7.29. The Hall–Kier alpha value is -1.18. The van der Waals surface area contributed by atoms with E-state index < -0.39 is 5.82 Å². The molecule has 2 heteroatoms. The van der Waals surface area contributed by atoms with E-state index in [9.17, 15) is 9.18 Å². The van der Waals surface area contributed by atoms with Crippen molar-refractivity contribution in [2.24, 2.45) is 0 Å². The van der Waals surface area contributed by atoms with E-state index >= 15 is 0 Å². The number of aldehydes is 1. The largest absolute Gasteiger partial charge is 0.298 e. The van der Waals surface area contributed by atoms with E-state index in [0.717, 1.165) is 5.56 Å². The first-order chi connectivity index (χ1) is 6.31. The van der Waals surface area contributed by atoms with Gasteiger partial charge in [0.2, 0.25) is 0 Å². The van der Waals surface area contributed by atoms with Crippen LogP contribution in [0.15, 0.2) is 18.2 Å². The molecule has 0 aliphatic heterocycles. The van der Waals surface area contributed by atoms with Gasteiger partial charge in [-0.2, -0.15) is 0 Å². The maximum absolute atomic E-state index is 12.9. The third-order valence-corrected chi connectivity index (χ3v) is 2.72. The van der Waals surface area contributed by atoms with Crippen LogP contribution >= 0.6 is 0 Å². The molecule has 1 aliphatic carbocycles. The van der Waals surface area contributed by atoms with Gasteiger partial charge in [0.1, 0.15) is 5.82 Å². The van der Waals surface area contributed by atoms with Gasteiger partial charge in [0.25, 0.3) is 0 Å². The molecule has 68 valence electrons. The number of halogens is 1. The zero-order valence-electron chi connectivity index (χ0n) is 7.29. The van der Waals surface area contributed by atoms with Crippen molar-refractivity contribution in [1.29, 1.82) is 0 Å². The number of hydrogen-bond acceptors (Lipinski definition) is 1. The third kappa shape index (κ3) is 1.48. The van der Waals surface area contributed by atoms with Gasteiger partial charge in [-0.15, -0.1) is 0 Å². The maximum atomic E-state index is 12.9. The minimum Gasteiger partial charge on any atom is -0.298 e. The fraction of sp³-hybridized carbons (Fsp3) is 0.364. The average Bonchev–Trinajstić information content (AvgIpc) is 2.05. The molecule has 0 heterocycles. The Morgan fingerprint density at radius 1 is 1.38 bits per heavy atom. The predicted octanol–water partition coefficient (Wildman–Crippen LogP) is 2.91. The van der Waals surface area contributed by atoms with Gasteiger partial charge in [-0.25, -0.2) is 4.39 Å².